The van der Waals surface area contributed by atoms with Crippen molar-refractivity contribution in [2.45, 2.75) is 0 Å². The van der Waals surface area contributed by atoms with E-state index in [1.54, 1.807) is 18.2 Å². The highest BCUT2D eigenvalue weighted by Crippen LogP contribution is 2.34. The summed E-state index contributed by atoms with van der Waals surface area (Å²) in [7, 11) is 3.94. The second kappa shape index (κ2) is 8.79. The lowest BCUT2D eigenvalue weighted by molar-refractivity contribution is -0.121. The Morgan fingerprint density at radius 3 is 2.59 bits per heavy atom. The minimum Gasteiger partial charge on any atom is -0.478 e. The molecule has 7 heteroatoms. The Balaban J connectivity index is 1.92. The summed E-state index contributed by atoms with van der Waals surface area (Å²) < 4.78 is 0. The summed E-state index contributed by atoms with van der Waals surface area (Å²) in [5.41, 5.74) is 2.62. The van der Waals surface area contributed by atoms with Crippen LogP contribution in [0.3, 0.4) is 0 Å². The number of aromatic carboxylic acids is 1. The van der Waals surface area contributed by atoms with Crippen molar-refractivity contribution in [3.8, 4) is 0 Å². The van der Waals surface area contributed by atoms with Gasteiger partial charge in [0.25, 0.3) is 5.91 Å². The van der Waals surface area contributed by atoms with Gasteiger partial charge in [-0.15, -0.1) is 6.58 Å². The van der Waals surface area contributed by atoms with Crippen LogP contribution in [-0.2, 0) is 4.79 Å². The Morgan fingerprint density at radius 2 is 1.97 bits per heavy atom. The van der Waals surface area contributed by atoms with Crippen LogP contribution in [0.2, 0.25) is 0 Å². The maximum Gasteiger partial charge on any atom is 0.335 e. The number of amidine groups is 1. The Labute approximate surface area is 173 Å². The van der Waals surface area contributed by atoms with Gasteiger partial charge in [-0.25, -0.2) is 9.79 Å². The normalized spacial score (nSPS) is 16.5. The van der Waals surface area contributed by atoms with E-state index in [0.717, 1.165) is 11.3 Å². The first-order valence-electron chi connectivity index (χ1n) is 8.91. The van der Waals surface area contributed by atoms with Crippen LogP contribution in [0.4, 0.5) is 11.4 Å². The van der Waals surface area contributed by atoms with Crippen molar-refractivity contribution in [2.24, 2.45) is 4.99 Å². The zero-order valence-electron chi connectivity index (χ0n) is 16.2. The number of thioether (sulfide) groups is 1. The number of hydrogen-bond acceptors (Lipinski definition) is 5. The van der Waals surface area contributed by atoms with Crippen molar-refractivity contribution in [1.29, 1.82) is 0 Å². The van der Waals surface area contributed by atoms with Crippen LogP contribution in [0.25, 0.3) is 6.08 Å². The number of carboxylic acids is 1. The molecule has 2 aromatic rings. The number of carbonyl (C=O) groups excluding carboxylic acids is 1. The van der Waals surface area contributed by atoms with Crippen molar-refractivity contribution in [2.75, 3.05) is 25.5 Å². The van der Waals surface area contributed by atoms with Gasteiger partial charge in [0.1, 0.15) is 0 Å². The van der Waals surface area contributed by atoms with Gasteiger partial charge in [0.15, 0.2) is 5.17 Å². The number of hydrogen-bond donors (Lipinski definition) is 1. The highest BCUT2D eigenvalue weighted by molar-refractivity contribution is 8.18. The number of benzene rings is 2. The molecule has 6 nitrogen and oxygen atoms in total. The third-order valence-corrected chi connectivity index (χ3v) is 5.23. The van der Waals surface area contributed by atoms with Crippen LogP contribution in [0.15, 0.2) is 71.1 Å². The standard InChI is InChI=1S/C22H21N3O3S/c1-4-12-25-20(26)19(13-15-8-10-18(11-9-15)24(2)3)29-22(25)23-17-7-5-6-16(14-17)21(27)28/h4-11,13-14H,1,12H2,2-3H3,(H,27,28)/b19-13-,23-22?. The highest BCUT2D eigenvalue weighted by atomic mass is 32.2. The average molecular weight is 407 g/mol. The molecule has 0 aromatic heterocycles. The number of carboxylic acid groups (broad SMARTS) is 1. The molecule has 1 fully saturated rings. The molecular formula is C22H21N3O3S. The fraction of sp³-hybridized carbons (Fsp3) is 0.136. The SMILES string of the molecule is C=CCN1C(=O)/C(=C/c2ccc(N(C)C)cc2)SC1=Nc1cccc(C(=O)O)c1. The van der Waals surface area contributed by atoms with Gasteiger partial charge in [-0.1, -0.05) is 24.3 Å². The van der Waals surface area contributed by atoms with Gasteiger partial charge in [0.05, 0.1) is 16.2 Å². The first-order chi connectivity index (χ1) is 13.9. The number of carbonyl (C=O) groups is 2. The molecule has 148 valence electrons. The number of amides is 1. The second-order valence-electron chi connectivity index (χ2n) is 6.55. The van der Waals surface area contributed by atoms with E-state index in [9.17, 15) is 9.59 Å². The monoisotopic (exact) mass is 407 g/mol. The third-order valence-electron chi connectivity index (χ3n) is 4.22. The molecule has 3 rings (SSSR count). The molecule has 0 unspecified atom stereocenters. The van der Waals surface area contributed by atoms with Crippen LogP contribution in [-0.4, -0.2) is 47.7 Å². The van der Waals surface area contributed by atoms with Gasteiger partial charge >= 0.3 is 5.97 Å². The summed E-state index contributed by atoms with van der Waals surface area (Å²) in [5, 5.41) is 9.66. The molecule has 0 spiro atoms. The van der Waals surface area contributed by atoms with Crippen LogP contribution < -0.4 is 4.90 Å². The van der Waals surface area contributed by atoms with Crippen molar-refractivity contribution in [3.63, 3.8) is 0 Å². The van der Waals surface area contributed by atoms with Crippen molar-refractivity contribution >= 4 is 46.3 Å². The summed E-state index contributed by atoms with van der Waals surface area (Å²) in [5.74, 6) is -1.17. The van der Waals surface area contributed by atoms with Crippen LogP contribution in [0.5, 0.6) is 0 Å². The topological polar surface area (TPSA) is 73.2 Å². The van der Waals surface area contributed by atoms with Crippen molar-refractivity contribution < 1.29 is 14.7 Å². The molecule has 0 atom stereocenters. The first kappa shape index (κ1) is 20.4. The molecule has 1 aliphatic heterocycles. The van der Waals surface area contributed by atoms with E-state index in [0.29, 0.717) is 22.3 Å². The van der Waals surface area contributed by atoms with E-state index in [-0.39, 0.29) is 11.5 Å². The molecule has 0 bridgehead atoms. The minimum absolute atomic E-state index is 0.146. The van der Waals surface area contributed by atoms with E-state index < -0.39 is 5.97 Å². The largest absolute Gasteiger partial charge is 0.478 e. The zero-order valence-corrected chi connectivity index (χ0v) is 17.0. The lowest BCUT2D eigenvalue weighted by atomic mass is 10.2. The van der Waals surface area contributed by atoms with E-state index in [1.807, 2.05) is 49.3 Å². The molecule has 1 N–H and O–H groups in total. The van der Waals surface area contributed by atoms with E-state index in [1.165, 1.54) is 28.8 Å². The third kappa shape index (κ3) is 4.75. The minimum atomic E-state index is -1.02. The molecule has 1 heterocycles. The zero-order chi connectivity index (χ0) is 21.0. The van der Waals surface area contributed by atoms with Crippen LogP contribution in [0.1, 0.15) is 15.9 Å². The smallest absolute Gasteiger partial charge is 0.335 e. The number of rotatable bonds is 6. The fourth-order valence-electron chi connectivity index (χ4n) is 2.72. The molecule has 1 saturated heterocycles. The second-order valence-corrected chi connectivity index (χ2v) is 7.56. The van der Waals surface area contributed by atoms with Gasteiger partial charge in [0, 0.05) is 26.3 Å². The fourth-order valence-corrected chi connectivity index (χ4v) is 3.73. The maximum absolute atomic E-state index is 12.9. The van der Waals surface area contributed by atoms with Gasteiger partial charge < -0.3 is 10.0 Å². The predicted molar refractivity (Wildman–Crippen MR) is 119 cm³/mol. The first-order valence-corrected chi connectivity index (χ1v) is 9.72. The Hall–Kier alpha value is -3.32. The van der Waals surface area contributed by atoms with Crippen molar-refractivity contribution in [1.82, 2.24) is 4.90 Å². The molecule has 1 amide bonds. The van der Waals surface area contributed by atoms with Crippen LogP contribution >= 0.6 is 11.8 Å². The van der Waals surface area contributed by atoms with Gasteiger partial charge in [-0.2, -0.15) is 0 Å². The molecule has 0 radical (unpaired) electrons. The summed E-state index contributed by atoms with van der Waals surface area (Å²) >= 11 is 1.26. The Bertz CT molecular complexity index is 1010. The lowest BCUT2D eigenvalue weighted by Gasteiger charge is -2.12. The summed E-state index contributed by atoms with van der Waals surface area (Å²) in [6.45, 7) is 4.03. The van der Waals surface area contributed by atoms with Crippen molar-refractivity contribution in [3.05, 3.63) is 77.2 Å². The number of nitrogens with zero attached hydrogens (tertiary/aromatic N) is 3. The molecule has 0 aliphatic carbocycles. The molecule has 0 saturated carbocycles. The van der Waals surface area contributed by atoms with Gasteiger partial charge in [-0.05, 0) is 53.7 Å². The number of anilines is 1. The molecule has 2 aromatic carbocycles. The number of aliphatic imine (C=N–C) groups is 1. The van der Waals surface area contributed by atoms with E-state index in [4.69, 9.17) is 5.11 Å². The summed E-state index contributed by atoms with van der Waals surface area (Å²) in [4.78, 5) is 32.6. The molecule has 29 heavy (non-hydrogen) atoms. The Morgan fingerprint density at radius 1 is 1.24 bits per heavy atom. The maximum atomic E-state index is 12.9. The van der Waals surface area contributed by atoms with E-state index >= 15 is 0 Å². The van der Waals surface area contributed by atoms with Gasteiger partial charge in [-0.3, -0.25) is 9.69 Å². The highest BCUT2D eigenvalue weighted by Gasteiger charge is 2.32. The summed E-state index contributed by atoms with van der Waals surface area (Å²) in [6, 6.07) is 14.2. The van der Waals surface area contributed by atoms with E-state index in [2.05, 4.69) is 11.6 Å². The molecular weight excluding hydrogens is 386 g/mol. The lowest BCUT2D eigenvalue weighted by Crippen LogP contribution is -2.29. The Kier molecular flexibility index (Phi) is 6.19. The average Bonchev–Trinajstić information content (AvgIpc) is 2.97. The summed E-state index contributed by atoms with van der Waals surface area (Å²) in [6.07, 6.45) is 3.47. The predicted octanol–water partition coefficient (Wildman–Crippen LogP) is 4.24. The van der Waals surface area contributed by atoms with Gasteiger partial charge in [0.2, 0.25) is 0 Å². The van der Waals surface area contributed by atoms with Crippen LogP contribution in [0, 0.1) is 0 Å². The molecule has 1 aliphatic rings. The quantitative estimate of drug-likeness (QED) is 0.573.